The van der Waals surface area contributed by atoms with Crippen LogP contribution in [0.3, 0.4) is 0 Å². The first-order valence-corrected chi connectivity index (χ1v) is 8.14. The zero-order valence-corrected chi connectivity index (χ0v) is 14.4. The van der Waals surface area contributed by atoms with Crippen LogP contribution in [0.4, 0.5) is 0 Å². The standard InChI is InChI=1S/C18H20BrNO2/c1-3-22-17-10-4-14(5-11-17)12-18(21)20-13(2)15-6-8-16(19)9-7-15/h4-11,13H,3,12H2,1-2H3,(H,20,21). The third kappa shape index (κ3) is 4.88. The number of amides is 1. The van der Waals surface area contributed by atoms with E-state index in [0.717, 1.165) is 21.3 Å². The van der Waals surface area contributed by atoms with Crippen molar-refractivity contribution in [1.82, 2.24) is 5.32 Å². The third-order valence-corrected chi connectivity index (χ3v) is 3.88. The molecule has 0 saturated heterocycles. The minimum absolute atomic E-state index is 0.0108. The van der Waals surface area contributed by atoms with Crippen molar-refractivity contribution in [3.63, 3.8) is 0 Å². The molecular formula is C18H20BrNO2. The molecule has 22 heavy (non-hydrogen) atoms. The van der Waals surface area contributed by atoms with Crippen LogP contribution in [-0.2, 0) is 11.2 Å². The summed E-state index contributed by atoms with van der Waals surface area (Å²) in [6.07, 6.45) is 0.368. The summed E-state index contributed by atoms with van der Waals surface area (Å²) < 4.78 is 6.43. The largest absolute Gasteiger partial charge is 0.494 e. The summed E-state index contributed by atoms with van der Waals surface area (Å²) in [5, 5.41) is 3.02. The number of nitrogens with one attached hydrogen (secondary N) is 1. The molecule has 1 N–H and O–H groups in total. The molecule has 0 aromatic heterocycles. The van der Waals surface area contributed by atoms with Crippen LogP contribution in [0.5, 0.6) is 5.75 Å². The Labute approximate surface area is 139 Å². The van der Waals surface area contributed by atoms with Crippen LogP contribution in [0.25, 0.3) is 0 Å². The lowest BCUT2D eigenvalue weighted by atomic mass is 10.1. The van der Waals surface area contributed by atoms with E-state index < -0.39 is 0 Å². The van der Waals surface area contributed by atoms with Gasteiger partial charge in [-0.25, -0.2) is 0 Å². The normalized spacial score (nSPS) is 11.8. The van der Waals surface area contributed by atoms with Crippen LogP contribution in [-0.4, -0.2) is 12.5 Å². The van der Waals surface area contributed by atoms with Gasteiger partial charge in [0.15, 0.2) is 0 Å². The molecule has 0 radical (unpaired) electrons. The summed E-state index contributed by atoms with van der Waals surface area (Å²) in [4.78, 5) is 12.1. The van der Waals surface area contributed by atoms with Crippen molar-refractivity contribution in [1.29, 1.82) is 0 Å². The van der Waals surface area contributed by atoms with Crippen molar-refractivity contribution in [2.24, 2.45) is 0 Å². The van der Waals surface area contributed by atoms with Gasteiger partial charge < -0.3 is 10.1 Å². The molecule has 0 heterocycles. The predicted molar refractivity (Wildman–Crippen MR) is 92.0 cm³/mol. The fourth-order valence-corrected chi connectivity index (χ4v) is 2.45. The van der Waals surface area contributed by atoms with Gasteiger partial charge in [0.25, 0.3) is 0 Å². The lowest BCUT2D eigenvalue weighted by Crippen LogP contribution is -2.28. The molecule has 0 saturated carbocycles. The number of ether oxygens (including phenoxy) is 1. The summed E-state index contributed by atoms with van der Waals surface area (Å²) in [6.45, 7) is 4.58. The van der Waals surface area contributed by atoms with Gasteiger partial charge in [-0.2, -0.15) is 0 Å². The monoisotopic (exact) mass is 361 g/mol. The van der Waals surface area contributed by atoms with Crippen LogP contribution in [0, 0.1) is 0 Å². The molecule has 116 valence electrons. The van der Waals surface area contributed by atoms with Gasteiger partial charge in [0, 0.05) is 4.47 Å². The van der Waals surface area contributed by atoms with Crippen molar-refractivity contribution in [2.45, 2.75) is 26.3 Å². The highest BCUT2D eigenvalue weighted by atomic mass is 79.9. The maximum absolute atomic E-state index is 12.1. The summed E-state index contributed by atoms with van der Waals surface area (Å²) in [7, 11) is 0. The fraction of sp³-hybridized carbons (Fsp3) is 0.278. The van der Waals surface area contributed by atoms with Gasteiger partial charge in [-0.05, 0) is 49.2 Å². The molecule has 0 spiro atoms. The number of carbonyl (C=O) groups is 1. The maximum atomic E-state index is 12.1. The number of hydrogen-bond acceptors (Lipinski definition) is 2. The van der Waals surface area contributed by atoms with Gasteiger partial charge in [-0.15, -0.1) is 0 Å². The first-order valence-electron chi connectivity index (χ1n) is 7.35. The molecular weight excluding hydrogens is 342 g/mol. The maximum Gasteiger partial charge on any atom is 0.224 e. The van der Waals surface area contributed by atoms with Gasteiger partial charge in [0.05, 0.1) is 19.1 Å². The molecule has 2 aromatic carbocycles. The van der Waals surface area contributed by atoms with Crippen LogP contribution in [0.15, 0.2) is 53.0 Å². The molecule has 1 amide bonds. The van der Waals surface area contributed by atoms with E-state index in [-0.39, 0.29) is 11.9 Å². The quantitative estimate of drug-likeness (QED) is 0.834. The van der Waals surface area contributed by atoms with E-state index in [1.54, 1.807) is 0 Å². The van der Waals surface area contributed by atoms with E-state index in [2.05, 4.69) is 21.2 Å². The highest BCUT2D eigenvalue weighted by molar-refractivity contribution is 9.10. The topological polar surface area (TPSA) is 38.3 Å². The number of halogens is 1. The molecule has 0 aliphatic carbocycles. The van der Waals surface area contributed by atoms with Crippen molar-refractivity contribution in [3.05, 3.63) is 64.1 Å². The summed E-state index contributed by atoms with van der Waals surface area (Å²) in [5.74, 6) is 0.842. The third-order valence-electron chi connectivity index (χ3n) is 3.35. The Morgan fingerprint density at radius 3 is 2.36 bits per heavy atom. The lowest BCUT2D eigenvalue weighted by molar-refractivity contribution is -0.121. The minimum atomic E-state index is -0.0108. The van der Waals surface area contributed by atoms with Gasteiger partial charge in [0.2, 0.25) is 5.91 Å². The number of rotatable bonds is 6. The molecule has 0 aliphatic heterocycles. The average Bonchev–Trinajstić information content (AvgIpc) is 2.50. The van der Waals surface area contributed by atoms with E-state index in [0.29, 0.717) is 13.0 Å². The van der Waals surface area contributed by atoms with E-state index in [1.807, 2.05) is 62.4 Å². The van der Waals surface area contributed by atoms with Gasteiger partial charge >= 0.3 is 0 Å². The Balaban J connectivity index is 1.90. The van der Waals surface area contributed by atoms with Crippen LogP contribution < -0.4 is 10.1 Å². The average molecular weight is 362 g/mol. The van der Waals surface area contributed by atoms with E-state index >= 15 is 0 Å². The van der Waals surface area contributed by atoms with E-state index in [4.69, 9.17) is 4.74 Å². The van der Waals surface area contributed by atoms with Crippen molar-refractivity contribution in [3.8, 4) is 5.75 Å². The van der Waals surface area contributed by atoms with E-state index in [1.165, 1.54) is 0 Å². The first kappa shape index (κ1) is 16.6. The van der Waals surface area contributed by atoms with Crippen LogP contribution >= 0.6 is 15.9 Å². The summed E-state index contributed by atoms with van der Waals surface area (Å²) in [5.41, 5.74) is 2.06. The Morgan fingerprint density at radius 2 is 1.77 bits per heavy atom. The zero-order valence-electron chi connectivity index (χ0n) is 12.8. The van der Waals surface area contributed by atoms with Gasteiger partial charge in [-0.3, -0.25) is 4.79 Å². The summed E-state index contributed by atoms with van der Waals surface area (Å²) in [6, 6.07) is 15.6. The van der Waals surface area contributed by atoms with Crippen LogP contribution in [0.1, 0.15) is 31.0 Å². The summed E-state index contributed by atoms with van der Waals surface area (Å²) >= 11 is 3.41. The molecule has 3 nitrogen and oxygen atoms in total. The van der Waals surface area contributed by atoms with Gasteiger partial charge in [-0.1, -0.05) is 40.2 Å². The first-order chi connectivity index (χ1) is 10.6. The molecule has 2 rings (SSSR count). The Kier molecular flexibility index (Phi) is 6.01. The highest BCUT2D eigenvalue weighted by Gasteiger charge is 2.10. The second kappa shape index (κ2) is 7.99. The molecule has 0 fully saturated rings. The lowest BCUT2D eigenvalue weighted by Gasteiger charge is -2.14. The van der Waals surface area contributed by atoms with Crippen LogP contribution in [0.2, 0.25) is 0 Å². The molecule has 1 unspecified atom stereocenters. The highest BCUT2D eigenvalue weighted by Crippen LogP contribution is 2.17. The van der Waals surface area contributed by atoms with Gasteiger partial charge in [0.1, 0.15) is 5.75 Å². The number of carbonyl (C=O) groups excluding carboxylic acids is 1. The Hall–Kier alpha value is -1.81. The SMILES string of the molecule is CCOc1ccc(CC(=O)NC(C)c2ccc(Br)cc2)cc1. The second-order valence-electron chi connectivity index (χ2n) is 5.09. The Bertz CT molecular complexity index is 608. The van der Waals surface area contributed by atoms with Crippen molar-refractivity contribution >= 4 is 21.8 Å². The fourth-order valence-electron chi connectivity index (χ4n) is 2.18. The molecule has 0 aliphatic rings. The Morgan fingerprint density at radius 1 is 1.14 bits per heavy atom. The number of hydrogen-bond donors (Lipinski definition) is 1. The zero-order chi connectivity index (χ0) is 15.9. The second-order valence-corrected chi connectivity index (χ2v) is 6.01. The van der Waals surface area contributed by atoms with Crippen molar-refractivity contribution < 1.29 is 9.53 Å². The molecule has 2 aromatic rings. The predicted octanol–water partition coefficient (Wildman–Crippen LogP) is 4.27. The number of benzene rings is 2. The molecule has 4 heteroatoms. The molecule has 1 atom stereocenters. The molecule has 0 bridgehead atoms. The van der Waals surface area contributed by atoms with E-state index in [9.17, 15) is 4.79 Å². The smallest absolute Gasteiger partial charge is 0.224 e. The minimum Gasteiger partial charge on any atom is -0.494 e. The van der Waals surface area contributed by atoms with Crippen molar-refractivity contribution in [2.75, 3.05) is 6.61 Å².